The Kier molecular flexibility index (Phi) is 6.73. The van der Waals surface area contributed by atoms with Crippen LogP contribution in [0.2, 0.25) is 0 Å². The summed E-state index contributed by atoms with van der Waals surface area (Å²) in [4.78, 5) is 6.75. The molecule has 1 heterocycles. The van der Waals surface area contributed by atoms with Crippen LogP contribution in [-0.4, -0.2) is 24.6 Å². The van der Waals surface area contributed by atoms with Crippen LogP contribution in [-0.2, 0) is 6.54 Å². The SMILES string of the molecule is CCCCCN(C)c1ccc(CNC(C)C)cn1. The van der Waals surface area contributed by atoms with E-state index < -0.39 is 0 Å². The summed E-state index contributed by atoms with van der Waals surface area (Å²) < 4.78 is 0. The Labute approximate surface area is 112 Å². The fourth-order valence-electron chi connectivity index (χ4n) is 1.78. The second-order valence-corrected chi connectivity index (χ2v) is 5.19. The zero-order valence-electron chi connectivity index (χ0n) is 12.2. The summed E-state index contributed by atoms with van der Waals surface area (Å²) in [7, 11) is 2.12. The molecule has 18 heavy (non-hydrogen) atoms. The number of hydrogen-bond donors (Lipinski definition) is 1. The summed E-state index contributed by atoms with van der Waals surface area (Å²) in [5, 5.41) is 3.40. The molecular weight excluding hydrogens is 222 g/mol. The van der Waals surface area contributed by atoms with E-state index in [0.717, 1.165) is 18.9 Å². The highest BCUT2D eigenvalue weighted by Gasteiger charge is 2.02. The molecule has 3 heteroatoms. The van der Waals surface area contributed by atoms with Crippen molar-refractivity contribution in [3.05, 3.63) is 23.9 Å². The van der Waals surface area contributed by atoms with Crippen LogP contribution in [0.15, 0.2) is 18.3 Å². The van der Waals surface area contributed by atoms with Crippen LogP contribution in [0.3, 0.4) is 0 Å². The smallest absolute Gasteiger partial charge is 0.128 e. The third kappa shape index (κ3) is 5.50. The normalized spacial score (nSPS) is 10.9. The molecule has 0 radical (unpaired) electrons. The molecule has 0 unspecified atom stereocenters. The predicted molar refractivity (Wildman–Crippen MR) is 79.0 cm³/mol. The number of anilines is 1. The Hall–Kier alpha value is -1.09. The molecule has 0 aliphatic carbocycles. The van der Waals surface area contributed by atoms with Gasteiger partial charge in [0, 0.05) is 32.4 Å². The highest BCUT2D eigenvalue weighted by atomic mass is 15.2. The second-order valence-electron chi connectivity index (χ2n) is 5.19. The minimum absolute atomic E-state index is 0.515. The minimum atomic E-state index is 0.515. The summed E-state index contributed by atoms with van der Waals surface area (Å²) in [6, 6.07) is 4.79. The first-order valence-electron chi connectivity index (χ1n) is 7.03. The van der Waals surface area contributed by atoms with Crippen molar-refractivity contribution in [3.8, 4) is 0 Å². The van der Waals surface area contributed by atoms with Gasteiger partial charge in [-0.25, -0.2) is 4.98 Å². The standard InChI is InChI=1S/C15H27N3/c1-5-6-7-10-18(4)15-9-8-14(12-17-15)11-16-13(2)3/h8-9,12-13,16H,5-7,10-11H2,1-4H3. The molecule has 0 saturated heterocycles. The second kappa shape index (κ2) is 8.09. The maximum Gasteiger partial charge on any atom is 0.128 e. The van der Waals surface area contributed by atoms with E-state index in [1.807, 2.05) is 6.20 Å². The monoisotopic (exact) mass is 249 g/mol. The molecule has 102 valence electrons. The van der Waals surface area contributed by atoms with Crippen molar-refractivity contribution < 1.29 is 0 Å². The first kappa shape index (κ1) is 15.0. The van der Waals surface area contributed by atoms with Gasteiger partial charge in [-0.05, 0) is 18.1 Å². The number of nitrogens with zero attached hydrogens (tertiary/aromatic N) is 2. The minimum Gasteiger partial charge on any atom is -0.360 e. The molecule has 0 spiro atoms. The highest BCUT2D eigenvalue weighted by Crippen LogP contribution is 2.10. The van der Waals surface area contributed by atoms with Crippen LogP contribution in [0.5, 0.6) is 0 Å². The van der Waals surface area contributed by atoms with Crippen molar-refractivity contribution in [1.29, 1.82) is 0 Å². The van der Waals surface area contributed by atoms with E-state index in [4.69, 9.17) is 0 Å². The largest absolute Gasteiger partial charge is 0.360 e. The predicted octanol–water partition coefficient (Wildman–Crippen LogP) is 3.21. The lowest BCUT2D eigenvalue weighted by Gasteiger charge is -2.18. The Morgan fingerprint density at radius 3 is 2.61 bits per heavy atom. The molecule has 0 atom stereocenters. The maximum absolute atomic E-state index is 4.52. The summed E-state index contributed by atoms with van der Waals surface area (Å²) >= 11 is 0. The molecule has 0 aliphatic rings. The molecule has 0 fully saturated rings. The first-order chi connectivity index (χ1) is 8.63. The summed E-state index contributed by atoms with van der Waals surface area (Å²) in [5.41, 5.74) is 1.24. The van der Waals surface area contributed by atoms with Crippen molar-refractivity contribution in [2.75, 3.05) is 18.5 Å². The Balaban J connectivity index is 2.43. The van der Waals surface area contributed by atoms with Gasteiger partial charge in [0.15, 0.2) is 0 Å². The van der Waals surface area contributed by atoms with Crippen LogP contribution in [0.4, 0.5) is 5.82 Å². The van der Waals surface area contributed by atoms with Gasteiger partial charge in [0.1, 0.15) is 5.82 Å². The number of unbranched alkanes of at least 4 members (excludes halogenated alkanes) is 2. The molecular formula is C15H27N3. The Bertz CT molecular complexity index is 319. The van der Waals surface area contributed by atoms with Crippen LogP contribution >= 0.6 is 0 Å². The summed E-state index contributed by atoms with van der Waals surface area (Å²) in [5.74, 6) is 1.07. The molecule has 0 aliphatic heterocycles. The van der Waals surface area contributed by atoms with Crippen molar-refractivity contribution in [3.63, 3.8) is 0 Å². The lowest BCUT2D eigenvalue weighted by atomic mass is 10.2. The Morgan fingerprint density at radius 2 is 2.06 bits per heavy atom. The van der Waals surface area contributed by atoms with Gasteiger partial charge in [0.25, 0.3) is 0 Å². The molecule has 3 nitrogen and oxygen atoms in total. The third-order valence-corrected chi connectivity index (χ3v) is 3.01. The van der Waals surface area contributed by atoms with E-state index in [0.29, 0.717) is 6.04 Å². The van der Waals surface area contributed by atoms with Gasteiger partial charge >= 0.3 is 0 Å². The van der Waals surface area contributed by atoms with Gasteiger partial charge < -0.3 is 10.2 Å². The fourth-order valence-corrected chi connectivity index (χ4v) is 1.78. The number of pyridine rings is 1. The maximum atomic E-state index is 4.52. The van der Waals surface area contributed by atoms with Crippen LogP contribution in [0, 0.1) is 0 Å². The molecule has 1 rings (SSSR count). The molecule has 0 bridgehead atoms. The molecule has 1 N–H and O–H groups in total. The van der Waals surface area contributed by atoms with Crippen molar-refractivity contribution in [2.45, 2.75) is 52.6 Å². The first-order valence-corrected chi connectivity index (χ1v) is 7.03. The van der Waals surface area contributed by atoms with Gasteiger partial charge in [0.2, 0.25) is 0 Å². The van der Waals surface area contributed by atoms with E-state index in [-0.39, 0.29) is 0 Å². The lowest BCUT2D eigenvalue weighted by molar-refractivity contribution is 0.588. The van der Waals surface area contributed by atoms with Gasteiger partial charge in [0.05, 0.1) is 0 Å². The number of aromatic nitrogens is 1. The third-order valence-electron chi connectivity index (χ3n) is 3.01. The zero-order valence-corrected chi connectivity index (χ0v) is 12.2. The summed E-state index contributed by atoms with van der Waals surface area (Å²) in [6.45, 7) is 8.52. The van der Waals surface area contributed by atoms with E-state index in [9.17, 15) is 0 Å². The molecule has 1 aromatic heterocycles. The van der Waals surface area contributed by atoms with Gasteiger partial charge in [-0.15, -0.1) is 0 Å². The van der Waals surface area contributed by atoms with E-state index in [2.05, 4.69) is 55.2 Å². The van der Waals surface area contributed by atoms with Gasteiger partial charge in [-0.2, -0.15) is 0 Å². The quantitative estimate of drug-likeness (QED) is 0.717. The van der Waals surface area contributed by atoms with E-state index in [1.54, 1.807) is 0 Å². The number of hydrogen-bond acceptors (Lipinski definition) is 3. The van der Waals surface area contributed by atoms with E-state index >= 15 is 0 Å². The lowest BCUT2D eigenvalue weighted by Crippen LogP contribution is -2.22. The topological polar surface area (TPSA) is 28.2 Å². The Morgan fingerprint density at radius 1 is 1.28 bits per heavy atom. The van der Waals surface area contributed by atoms with Crippen LogP contribution < -0.4 is 10.2 Å². The fraction of sp³-hybridized carbons (Fsp3) is 0.667. The molecule has 0 aromatic carbocycles. The number of nitrogens with one attached hydrogen (secondary N) is 1. The summed E-state index contributed by atoms with van der Waals surface area (Å²) in [6.07, 6.45) is 5.77. The zero-order chi connectivity index (χ0) is 13.4. The van der Waals surface area contributed by atoms with Gasteiger partial charge in [-0.1, -0.05) is 39.7 Å². The average molecular weight is 249 g/mol. The van der Waals surface area contributed by atoms with Crippen molar-refractivity contribution in [1.82, 2.24) is 10.3 Å². The molecule has 0 amide bonds. The van der Waals surface area contributed by atoms with E-state index in [1.165, 1.54) is 24.8 Å². The van der Waals surface area contributed by atoms with Crippen molar-refractivity contribution >= 4 is 5.82 Å². The molecule has 1 aromatic rings. The average Bonchev–Trinajstić information content (AvgIpc) is 2.37. The van der Waals surface area contributed by atoms with Crippen LogP contribution in [0.1, 0.15) is 45.6 Å². The highest BCUT2D eigenvalue weighted by molar-refractivity contribution is 5.38. The van der Waals surface area contributed by atoms with Gasteiger partial charge in [-0.3, -0.25) is 0 Å². The molecule has 0 saturated carbocycles. The van der Waals surface area contributed by atoms with Crippen LogP contribution in [0.25, 0.3) is 0 Å². The number of rotatable bonds is 8. The van der Waals surface area contributed by atoms with Crippen molar-refractivity contribution in [2.24, 2.45) is 0 Å².